The first-order valence-electron chi connectivity index (χ1n) is 20.6. The van der Waals surface area contributed by atoms with E-state index in [1.165, 1.54) is 81.6 Å². The van der Waals surface area contributed by atoms with Crippen molar-refractivity contribution in [3.63, 3.8) is 0 Å². The Morgan fingerprint density at radius 2 is 0.950 bits per heavy atom. The third kappa shape index (κ3) is 5.19. The molecule has 3 heteroatoms. The Labute approximate surface area is 353 Å². The Morgan fingerprint density at radius 1 is 0.383 bits per heavy atom. The summed E-state index contributed by atoms with van der Waals surface area (Å²) >= 11 is 1.88. The van der Waals surface area contributed by atoms with Crippen molar-refractivity contribution in [1.29, 1.82) is 0 Å². The van der Waals surface area contributed by atoms with Crippen LogP contribution in [0.2, 0.25) is 0 Å². The van der Waals surface area contributed by atoms with Crippen molar-refractivity contribution in [2.75, 3.05) is 4.90 Å². The van der Waals surface area contributed by atoms with Gasteiger partial charge in [0, 0.05) is 28.0 Å². The van der Waals surface area contributed by atoms with Crippen molar-refractivity contribution in [2.45, 2.75) is 5.41 Å². The summed E-state index contributed by atoms with van der Waals surface area (Å²) in [4.78, 5) is 3.68. The predicted molar refractivity (Wildman–Crippen MR) is 253 cm³/mol. The number of nitrogens with zero attached hydrogens (tertiary/aromatic N) is 2. The van der Waals surface area contributed by atoms with Gasteiger partial charge in [-0.1, -0.05) is 176 Å². The normalized spacial score (nSPS) is 12.8. The second-order valence-electron chi connectivity index (χ2n) is 15.7. The van der Waals surface area contributed by atoms with Gasteiger partial charge >= 0.3 is 0 Å². The molecule has 0 spiro atoms. The van der Waals surface area contributed by atoms with E-state index >= 15 is 0 Å². The Morgan fingerprint density at radius 3 is 1.68 bits per heavy atom. The van der Waals surface area contributed by atoms with Crippen molar-refractivity contribution < 1.29 is 0 Å². The van der Waals surface area contributed by atoms with Crippen molar-refractivity contribution in [2.24, 2.45) is 0 Å². The molecular formula is C57H38N2S. The van der Waals surface area contributed by atoms with Crippen LogP contribution in [0.3, 0.4) is 0 Å². The molecule has 0 atom stereocenters. The molecule has 0 saturated carbocycles. The fourth-order valence-electron chi connectivity index (χ4n) is 9.90. The molecule has 11 aromatic rings. The number of rotatable bonds is 7. The third-order valence-corrected chi connectivity index (χ3v) is 13.6. The topological polar surface area (TPSA) is 7.65 Å². The van der Waals surface area contributed by atoms with Crippen LogP contribution in [0.25, 0.3) is 59.3 Å². The van der Waals surface area contributed by atoms with Crippen LogP contribution in [0.1, 0.15) is 22.3 Å². The summed E-state index contributed by atoms with van der Waals surface area (Å²) < 4.78 is 3.72. The molecule has 0 N–H and O–H groups in total. The molecular weight excluding hydrogens is 745 g/mol. The highest BCUT2D eigenvalue weighted by atomic mass is 32.1. The van der Waals surface area contributed by atoms with E-state index < -0.39 is 5.41 Å². The summed E-state index contributed by atoms with van der Waals surface area (Å²) in [6.45, 7) is 0. The molecule has 0 fully saturated rings. The Kier molecular flexibility index (Phi) is 7.97. The van der Waals surface area contributed by atoms with Gasteiger partial charge in [-0.15, -0.1) is 11.3 Å². The van der Waals surface area contributed by atoms with E-state index in [-0.39, 0.29) is 0 Å². The molecule has 0 saturated heterocycles. The highest BCUT2D eigenvalue weighted by Gasteiger charge is 2.46. The fourth-order valence-corrected chi connectivity index (χ4v) is 11.2. The second-order valence-corrected chi connectivity index (χ2v) is 16.7. The molecule has 2 heterocycles. The second kappa shape index (κ2) is 13.8. The summed E-state index contributed by atoms with van der Waals surface area (Å²) in [6.07, 6.45) is 0. The van der Waals surface area contributed by atoms with E-state index in [0.29, 0.717) is 0 Å². The lowest BCUT2D eigenvalue weighted by Crippen LogP contribution is -2.28. The van der Waals surface area contributed by atoms with Gasteiger partial charge in [0.25, 0.3) is 0 Å². The summed E-state index contributed by atoms with van der Waals surface area (Å²) in [5.41, 5.74) is 18.0. The van der Waals surface area contributed by atoms with Crippen LogP contribution in [-0.4, -0.2) is 4.40 Å². The monoisotopic (exact) mass is 782 g/mol. The molecule has 1 aliphatic rings. The van der Waals surface area contributed by atoms with Crippen molar-refractivity contribution in [3.8, 4) is 33.4 Å². The van der Waals surface area contributed by atoms with Gasteiger partial charge in [0.05, 0.1) is 21.1 Å². The predicted octanol–water partition coefficient (Wildman–Crippen LogP) is 15.5. The lowest BCUT2D eigenvalue weighted by molar-refractivity contribution is 0.768. The van der Waals surface area contributed by atoms with Crippen molar-refractivity contribution in [3.05, 3.63) is 253 Å². The summed E-state index contributed by atoms with van der Waals surface area (Å²) in [6, 6.07) is 84.5. The number of benzene rings is 9. The maximum atomic E-state index is 2.45. The zero-order chi connectivity index (χ0) is 39.6. The summed E-state index contributed by atoms with van der Waals surface area (Å²) in [5.74, 6) is 0. The number of hydrogen-bond donors (Lipinski definition) is 0. The number of thiazole rings is 1. The maximum absolute atomic E-state index is 2.45. The first kappa shape index (κ1) is 34.6. The van der Waals surface area contributed by atoms with Crippen LogP contribution in [0, 0.1) is 0 Å². The van der Waals surface area contributed by atoms with E-state index in [1.807, 2.05) is 11.3 Å². The molecule has 282 valence electrons. The van der Waals surface area contributed by atoms with Gasteiger partial charge in [-0.2, -0.15) is 0 Å². The number of aromatic nitrogens is 1. The first-order valence-corrected chi connectivity index (χ1v) is 21.4. The molecule has 0 unspecified atom stereocenters. The Bertz CT molecular complexity index is 3310. The van der Waals surface area contributed by atoms with Crippen LogP contribution >= 0.6 is 11.3 Å². The van der Waals surface area contributed by atoms with Gasteiger partial charge in [0.15, 0.2) is 0 Å². The standard InChI is InChI=1S/C57H38N2S/c1-5-17-40(18-6-1)55-49-26-14-16-28-52(49)59-53-36-31-41(37-54(53)60-56(55)59)39-29-32-45(33-30-39)58(44-23-11-4-12-24-44)46-34-35-48-47-25-13-15-27-50(47)57(51(48)38-46,42-19-7-2-8-20-42)43-21-9-3-10-22-43/h1-38H. The SMILES string of the molecule is c1ccc(-c2c3ccccc3n3c2sc2cc(-c4ccc(N(c5ccccc5)c5ccc6c(c5)C(c5ccccc5)(c5ccccc5)c5ccccc5-6)cc4)ccc23)cc1. The van der Waals surface area contributed by atoms with Crippen LogP contribution in [0.15, 0.2) is 231 Å². The number of anilines is 3. The Balaban J connectivity index is 0.984. The Hall–Kier alpha value is -7.46. The maximum Gasteiger partial charge on any atom is 0.109 e. The largest absolute Gasteiger partial charge is 0.310 e. The lowest BCUT2D eigenvalue weighted by Gasteiger charge is -2.35. The molecule has 9 aromatic carbocycles. The number of hydrogen-bond acceptors (Lipinski definition) is 2. The highest BCUT2D eigenvalue weighted by Crippen LogP contribution is 2.57. The van der Waals surface area contributed by atoms with Crippen LogP contribution < -0.4 is 4.90 Å². The van der Waals surface area contributed by atoms with Gasteiger partial charge in [-0.3, -0.25) is 4.40 Å². The smallest absolute Gasteiger partial charge is 0.109 e. The third-order valence-electron chi connectivity index (χ3n) is 12.5. The average Bonchev–Trinajstić information content (AvgIpc) is 3.95. The quantitative estimate of drug-likeness (QED) is 0.156. The molecule has 2 nitrogen and oxygen atoms in total. The molecule has 0 amide bonds. The van der Waals surface area contributed by atoms with Crippen molar-refractivity contribution in [1.82, 2.24) is 4.40 Å². The van der Waals surface area contributed by atoms with Gasteiger partial charge < -0.3 is 4.90 Å². The molecule has 1 aliphatic carbocycles. The molecule has 2 aromatic heterocycles. The summed E-state index contributed by atoms with van der Waals surface area (Å²) in [7, 11) is 0. The molecule has 0 bridgehead atoms. The van der Waals surface area contributed by atoms with Gasteiger partial charge in [0.1, 0.15) is 4.83 Å². The van der Waals surface area contributed by atoms with Crippen molar-refractivity contribution >= 4 is 54.3 Å². The van der Waals surface area contributed by atoms with Gasteiger partial charge in [0.2, 0.25) is 0 Å². The molecule has 60 heavy (non-hydrogen) atoms. The zero-order valence-corrected chi connectivity index (χ0v) is 33.6. The van der Waals surface area contributed by atoms with E-state index in [4.69, 9.17) is 0 Å². The van der Waals surface area contributed by atoms with E-state index in [2.05, 4.69) is 240 Å². The molecule has 12 rings (SSSR count). The van der Waals surface area contributed by atoms with E-state index in [1.54, 1.807) is 0 Å². The minimum Gasteiger partial charge on any atom is -0.310 e. The highest BCUT2D eigenvalue weighted by molar-refractivity contribution is 7.24. The molecule has 0 radical (unpaired) electrons. The van der Waals surface area contributed by atoms with Gasteiger partial charge in [-0.05, 0) is 105 Å². The van der Waals surface area contributed by atoms with E-state index in [9.17, 15) is 0 Å². The minimum atomic E-state index is -0.475. The van der Waals surface area contributed by atoms with Crippen LogP contribution in [0.4, 0.5) is 17.1 Å². The average molecular weight is 783 g/mol. The van der Waals surface area contributed by atoms with Gasteiger partial charge in [-0.25, -0.2) is 0 Å². The summed E-state index contributed by atoms with van der Waals surface area (Å²) in [5, 5.41) is 1.29. The van der Waals surface area contributed by atoms with Crippen LogP contribution in [0.5, 0.6) is 0 Å². The lowest BCUT2D eigenvalue weighted by atomic mass is 9.67. The molecule has 0 aliphatic heterocycles. The fraction of sp³-hybridized carbons (Fsp3) is 0.0175. The van der Waals surface area contributed by atoms with Crippen LogP contribution in [-0.2, 0) is 5.41 Å². The van der Waals surface area contributed by atoms with E-state index in [0.717, 1.165) is 17.1 Å². The number of fused-ring (bicyclic) bond motifs is 8. The number of para-hydroxylation sites is 2. The zero-order valence-electron chi connectivity index (χ0n) is 32.7. The minimum absolute atomic E-state index is 0.475. The first-order chi connectivity index (χ1) is 29.8.